The number of non-ortho nitro benzene ring substituents is 1. The van der Waals surface area contributed by atoms with Crippen molar-refractivity contribution in [1.29, 1.82) is 0 Å². The number of rotatable bonds is 2. The van der Waals surface area contributed by atoms with E-state index in [2.05, 4.69) is 15.9 Å². The van der Waals surface area contributed by atoms with E-state index in [9.17, 15) is 10.1 Å². The minimum atomic E-state index is -0.429. The van der Waals surface area contributed by atoms with E-state index in [0.717, 1.165) is 5.56 Å². The Kier molecular flexibility index (Phi) is 2.55. The summed E-state index contributed by atoms with van der Waals surface area (Å²) in [5.74, 6) is 0.678. The molecule has 0 atom stereocenters. The van der Waals surface area contributed by atoms with Crippen LogP contribution in [0.3, 0.4) is 0 Å². The molecule has 0 spiro atoms. The summed E-state index contributed by atoms with van der Waals surface area (Å²) in [6.07, 6.45) is 0. The third kappa shape index (κ3) is 2.07. The van der Waals surface area contributed by atoms with Gasteiger partial charge in [-0.05, 0) is 40.2 Å². The van der Waals surface area contributed by atoms with Crippen molar-refractivity contribution in [1.82, 2.24) is 0 Å². The number of nitro benzene ring substituents is 1. The molecule has 0 unspecified atom stereocenters. The second-order valence-electron chi connectivity index (χ2n) is 2.91. The molecular formula is C10H6BrNO3. The van der Waals surface area contributed by atoms with Crippen LogP contribution in [0.2, 0.25) is 0 Å². The number of hydrogen-bond acceptors (Lipinski definition) is 3. The summed E-state index contributed by atoms with van der Waals surface area (Å²) in [5, 5.41) is 10.4. The fourth-order valence-electron chi connectivity index (χ4n) is 1.22. The van der Waals surface area contributed by atoms with Crippen molar-refractivity contribution in [3.8, 4) is 11.3 Å². The Labute approximate surface area is 93.8 Å². The van der Waals surface area contributed by atoms with E-state index in [1.54, 1.807) is 24.3 Å². The lowest BCUT2D eigenvalue weighted by atomic mass is 10.1. The fourth-order valence-corrected chi connectivity index (χ4v) is 1.52. The normalized spacial score (nSPS) is 10.2. The Balaban J connectivity index is 2.35. The average molecular weight is 268 g/mol. The lowest BCUT2D eigenvalue weighted by Crippen LogP contribution is -1.86. The molecule has 0 fully saturated rings. The van der Waals surface area contributed by atoms with E-state index >= 15 is 0 Å². The Hall–Kier alpha value is -1.62. The quantitative estimate of drug-likeness (QED) is 0.617. The van der Waals surface area contributed by atoms with Crippen LogP contribution in [0.5, 0.6) is 0 Å². The van der Waals surface area contributed by atoms with Gasteiger partial charge in [0.1, 0.15) is 5.76 Å². The zero-order valence-electron chi connectivity index (χ0n) is 7.51. The van der Waals surface area contributed by atoms with Crippen LogP contribution in [0.15, 0.2) is 45.5 Å². The van der Waals surface area contributed by atoms with Gasteiger partial charge in [0.25, 0.3) is 5.69 Å². The highest BCUT2D eigenvalue weighted by Crippen LogP contribution is 2.26. The molecule has 2 aromatic rings. The van der Waals surface area contributed by atoms with Crippen LogP contribution >= 0.6 is 15.9 Å². The third-order valence-electron chi connectivity index (χ3n) is 1.94. The first kappa shape index (κ1) is 9.92. The zero-order chi connectivity index (χ0) is 10.8. The number of hydrogen-bond donors (Lipinski definition) is 0. The predicted molar refractivity (Wildman–Crippen MR) is 58.5 cm³/mol. The number of nitro groups is 1. The molecule has 0 amide bonds. The van der Waals surface area contributed by atoms with Gasteiger partial charge in [-0.25, -0.2) is 0 Å². The molecule has 76 valence electrons. The molecule has 1 heterocycles. The van der Waals surface area contributed by atoms with Crippen molar-refractivity contribution in [2.45, 2.75) is 0 Å². The van der Waals surface area contributed by atoms with Gasteiger partial charge in [0, 0.05) is 17.7 Å². The summed E-state index contributed by atoms with van der Waals surface area (Å²) in [5.41, 5.74) is 0.885. The zero-order valence-corrected chi connectivity index (χ0v) is 9.10. The molecule has 0 saturated heterocycles. The molecule has 0 aliphatic rings. The molecule has 1 aromatic heterocycles. The standard InChI is InChI=1S/C10H6BrNO3/c11-10-6-5-9(15-10)7-1-3-8(4-2-7)12(13)14/h1-6H. The van der Waals surface area contributed by atoms with Gasteiger partial charge in [-0.3, -0.25) is 10.1 Å². The van der Waals surface area contributed by atoms with Gasteiger partial charge in [-0.15, -0.1) is 0 Å². The van der Waals surface area contributed by atoms with Crippen LogP contribution < -0.4 is 0 Å². The van der Waals surface area contributed by atoms with Gasteiger partial charge in [0.15, 0.2) is 4.67 Å². The van der Waals surface area contributed by atoms with Crippen LogP contribution in [-0.4, -0.2) is 4.92 Å². The molecule has 15 heavy (non-hydrogen) atoms. The third-order valence-corrected chi connectivity index (χ3v) is 2.36. The number of halogens is 1. The highest BCUT2D eigenvalue weighted by atomic mass is 79.9. The van der Waals surface area contributed by atoms with E-state index in [-0.39, 0.29) is 5.69 Å². The van der Waals surface area contributed by atoms with E-state index < -0.39 is 4.92 Å². The Bertz CT molecular complexity index is 490. The number of furan rings is 1. The van der Waals surface area contributed by atoms with Crippen molar-refractivity contribution < 1.29 is 9.34 Å². The van der Waals surface area contributed by atoms with Crippen molar-refractivity contribution in [2.24, 2.45) is 0 Å². The van der Waals surface area contributed by atoms with E-state index in [4.69, 9.17) is 4.42 Å². The van der Waals surface area contributed by atoms with E-state index in [1.165, 1.54) is 12.1 Å². The molecule has 0 aliphatic carbocycles. The largest absolute Gasteiger partial charge is 0.449 e. The molecule has 0 radical (unpaired) electrons. The summed E-state index contributed by atoms with van der Waals surface area (Å²) in [4.78, 5) is 10.00. The van der Waals surface area contributed by atoms with Gasteiger partial charge in [0.2, 0.25) is 0 Å². The van der Waals surface area contributed by atoms with Crippen LogP contribution in [0.25, 0.3) is 11.3 Å². The molecule has 2 rings (SSSR count). The molecule has 0 bridgehead atoms. The van der Waals surface area contributed by atoms with Crippen LogP contribution in [0, 0.1) is 10.1 Å². The van der Waals surface area contributed by atoms with Crippen LogP contribution in [-0.2, 0) is 0 Å². The highest BCUT2D eigenvalue weighted by molar-refractivity contribution is 9.10. The Morgan fingerprint density at radius 2 is 1.80 bits per heavy atom. The summed E-state index contributed by atoms with van der Waals surface area (Å²) in [7, 11) is 0. The molecule has 5 heteroatoms. The summed E-state index contributed by atoms with van der Waals surface area (Å²) >= 11 is 3.19. The monoisotopic (exact) mass is 267 g/mol. The second kappa shape index (κ2) is 3.86. The maximum atomic E-state index is 10.4. The first-order valence-corrected chi connectivity index (χ1v) is 4.96. The van der Waals surface area contributed by atoms with Gasteiger partial charge in [0.05, 0.1) is 4.92 Å². The van der Waals surface area contributed by atoms with Crippen molar-refractivity contribution in [3.05, 3.63) is 51.2 Å². The summed E-state index contributed by atoms with van der Waals surface area (Å²) in [6.45, 7) is 0. The van der Waals surface area contributed by atoms with E-state index in [0.29, 0.717) is 10.4 Å². The second-order valence-corrected chi connectivity index (χ2v) is 3.69. The van der Waals surface area contributed by atoms with Crippen LogP contribution in [0.4, 0.5) is 5.69 Å². The van der Waals surface area contributed by atoms with Gasteiger partial charge < -0.3 is 4.42 Å². The van der Waals surface area contributed by atoms with Crippen molar-refractivity contribution in [3.63, 3.8) is 0 Å². The topological polar surface area (TPSA) is 56.3 Å². The van der Waals surface area contributed by atoms with Crippen molar-refractivity contribution in [2.75, 3.05) is 0 Å². The first-order valence-electron chi connectivity index (χ1n) is 4.17. The minimum absolute atomic E-state index is 0.0735. The number of benzene rings is 1. The lowest BCUT2D eigenvalue weighted by Gasteiger charge is -1.95. The Morgan fingerprint density at radius 1 is 1.13 bits per heavy atom. The molecule has 0 aliphatic heterocycles. The SMILES string of the molecule is O=[N+]([O-])c1ccc(-c2ccc(Br)o2)cc1. The predicted octanol–water partition coefficient (Wildman–Crippen LogP) is 3.62. The van der Waals surface area contributed by atoms with E-state index in [1.807, 2.05) is 0 Å². The fraction of sp³-hybridized carbons (Fsp3) is 0. The summed E-state index contributed by atoms with van der Waals surface area (Å²) < 4.78 is 5.95. The van der Waals surface area contributed by atoms with Crippen molar-refractivity contribution >= 4 is 21.6 Å². The molecule has 0 saturated carbocycles. The van der Waals surface area contributed by atoms with Gasteiger partial charge in [-0.2, -0.15) is 0 Å². The molecular weight excluding hydrogens is 262 g/mol. The minimum Gasteiger partial charge on any atom is -0.449 e. The smallest absolute Gasteiger partial charge is 0.269 e. The lowest BCUT2D eigenvalue weighted by molar-refractivity contribution is -0.384. The maximum absolute atomic E-state index is 10.4. The molecule has 4 nitrogen and oxygen atoms in total. The van der Waals surface area contributed by atoms with Gasteiger partial charge >= 0.3 is 0 Å². The maximum Gasteiger partial charge on any atom is 0.269 e. The molecule has 1 aromatic carbocycles. The Morgan fingerprint density at radius 3 is 2.27 bits per heavy atom. The molecule has 0 N–H and O–H groups in total. The first-order chi connectivity index (χ1) is 7.16. The summed E-state index contributed by atoms with van der Waals surface area (Å²) in [6, 6.07) is 9.78. The highest BCUT2D eigenvalue weighted by Gasteiger charge is 2.07. The van der Waals surface area contributed by atoms with Crippen LogP contribution in [0.1, 0.15) is 0 Å². The number of nitrogens with zero attached hydrogens (tertiary/aromatic N) is 1. The van der Waals surface area contributed by atoms with Gasteiger partial charge in [-0.1, -0.05) is 0 Å². The average Bonchev–Trinajstić information content (AvgIpc) is 2.65.